The molecule has 10 heteroatoms. The molecule has 0 radical (unpaired) electrons. The average molecular weight is 515 g/mol. The molecule has 0 aliphatic carbocycles. The van der Waals surface area contributed by atoms with Gasteiger partial charge in [-0.1, -0.05) is 0 Å². The molecule has 3 aromatic rings. The van der Waals surface area contributed by atoms with Crippen LogP contribution in [0, 0.1) is 12.7 Å². The van der Waals surface area contributed by atoms with E-state index in [1.807, 2.05) is 6.07 Å². The highest BCUT2D eigenvalue weighted by molar-refractivity contribution is 5.66. The SMILES string of the molecule is Cc1cc(-c2cc(N3CCN(c4ncccc4C(F)(F)F)CC3)nc(N3CCCCC3C)n2)ccc1F. The maximum Gasteiger partial charge on any atom is 0.419 e. The zero-order valence-electron chi connectivity index (χ0n) is 21.0. The molecule has 1 aromatic carbocycles. The van der Waals surface area contributed by atoms with Crippen LogP contribution in [0.3, 0.4) is 0 Å². The summed E-state index contributed by atoms with van der Waals surface area (Å²) in [6.07, 6.45) is 0.215. The lowest BCUT2D eigenvalue weighted by molar-refractivity contribution is -0.137. The van der Waals surface area contributed by atoms with Gasteiger partial charge in [0.05, 0.1) is 11.3 Å². The molecule has 0 bridgehead atoms. The number of hydrogen-bond acceptors (Lipinski definition) is 6. The molecule has 2 saturated heterocycles. The van der Waals surface area contributed by atoms with Gasteiger partial charge in [-0.3, -0.25) is 0 Å². The molecular formula is C27H30F4N6. The molecule has 37 heavy (non-hydrogen) atoms. The van der Waals surface area contributed by atoms with E-state index in [9.17, 15) is 17.6 Å². The quantitative estimate of drug-likeness (QED) is 0.416. The van der Waals surface area contributed by atoms with E-state index in [0.717, 1.165) is 43.3 Å². The van der Waals surface area contributed by atoms with Gasteiger partial charge in [0.15, 0.2) is 0 Å². The fourth-order valence-corrected chi connectivity index (χ4v) is 5.08. The first-order valence-electron chi connectivity index (χ1n) is 12.6. The van der Waals surface area contributed by atoms with Gasteiger partial charge in [-0.2, -0.15) is 18.2 Å². The topological polar surface area (TPSA) is 48.4 Å². The molecule has 4 heterocycles. The Labute approximate surface area is 214 Å². The van der Waals surface area contributed by atoms with Gasteiger partial charge >= 0.3 is 6.18 Å². The Kier molecular flexibility index (Phi) is 6.92. The van der Waals surface area contributed by atoms with Crippen molar-refractivity contribution in [3.63, 3.8) is 0 Å². The Hall–Kier alpha value is -3.43. The number of aryl methyl sites for hydroxylation is 1. The number of halogens is 4. The van der Waals surface area contributed by atoms with E-state index in [0.29, 0.717) is 49.4 Å². The number of rotatable bonds is 4. The van der Waals surface area contributed by atoms with Crippen LogP contribution in [0.25, 0.3) is 11.3 Å². The Bertz CT molecular complexity index is 1260. The van der Waals surface area contributed by atoms with Gasteiger partial charge in [-0.05, 0) is 69.0 Å². The van der Waals surface area contributed by atoms with E-state index in [4.69, 9.17) is 9.97 Å². The molecule has 2 fully saturated rings. The van der Waals surface area contributed by atoms with Gasteiger partial charge in [-0.25, -0.2) is 14.4 Å². The minimum atomic E-state index is -4.46. The maximum absolute atomic E-state index is 14.0. The number of alkyl halides is 3. The summed E-state index contributed by atoms with van der Waals surface area (Å²) in [4.78, 5) is 19.8. The predicted molar refractivity (Wildman–Crippen MR) is 136 cm³/mol. The molecular weight excluding hydrogens is 484 g/mol. The first kappa shape index (κ1) is 25.2. The molecule has 0 saturated carbocycles. The average Bonchev–Trinajstić information content (AvgIpc) is 2.90. The smallest absolute Gasteiger partial charge is 0.353 e. The first-order chi connectivity index (χ1) is 17.7. The van der Waals surface area contributed by atoms with E-state index in [-0.39, 0.29) is 11.6 Å². The van der Waals surface area contributed by atoms with Crippen LogP contribution >= 0.6 is 0 Å². The van der Waals surface area contributed by atoms with Crippen LogP contribution in [0.4, 0.5) is 35.1 Å². The monoisotopic (exact) mass is 514 g/mol. The third-order valence-corrected chi connectivity index (χ3v) is 7.21. The minimum Gasteiger partial charge on any atom is -0.353 e. The summed E-state index contributed by atoms with van der Waals surface area (Å²) in [6.45, 7) is 6.49. The van der Waals surface area contributed by atoms with E-state index in [1.54, 1.807) is 24.0 Å². The normalized spacial score (nSPS) is 18.9. The molecule has 6 nitrogen and oxygen atoms in total. The van der Waals surface area contributed by atoms with Crippen LogP contribution in [-0.2, 0) is 6.18 Å². The summed E-state index contributed by atoms with van der Waals surface area (Å²) >= 11 is 0. The molecule has 1 unspecified atom stereocenters. The Morgan fingerprint density at radius 2 is 1.68 bits per heavy atom. The lowest BCUT2D eigenvalue weighted by Crippen LogP contribution is -2.48. The standard InChI is InChI=1S/C27H30F4N6/c1-18-16-20(8-9-22(18)28)23-17-24(34-26(33-23)37-11-4-3-6-19(37)2)35-12-14-36(15-13-35)25-21(27(29,30)31)7-5-10-32-25/h5,7-10,16-17,19H,3-4,6,11-15H2,1-2H3. The van der Waals surface area contributed by atoms with Crippen molar-refractivity contribution >= 4 is 17.6 Å². The van der Waals surface area contributed by atoms with E-state index in [1.165, 1.54) is 18.3 Å². The van der Waals surface area contributed by atoms with Gasteiger partial charge < -0.3 is 14.7 Å². The molecule has 1 atom stereocenters. The van der Waals surface area contributed by atoms with Crippen LogP contribution in [0.15, 0.2) is 42.6 Å². The summed E-state index contributed by atoms with van der Waals surface area (Å²) in [5.41, 5.74) is 1.32. The van der Waals surface area contributed by atoms with Gasteiger partial charge in [-0.15, -0.1) is 0 Å². The number of hydrogen-bond donors (Lipinski definition) is 0. The van der Waals surface area contributed by atoms with Crippen molar-refractivity contribution in [1.82, 2.24) is 15.0 Å². The summed E-state index contributed by atoms with van der Waals surface area (Å²) in [5, 5.41) is 0. The highest BCUT2D eigenvalue weighted by Gasteiger charge is 2.36. The molecule has 2 aliphatic rings. The summed E-state index contributed by atoms with van der Waals surface area (Å²) < 4.78 is 54.6. The molecule has 196 valence electrons. The highest BCUT2D eigenvalue weighted by Crippen LogP contribution is 2.36. The number of anilines is 3. The summed E-state index contributed by atoms with van der Waals surface area (Å²) in [5.74, 6) is 1.04. The highest BCUT2D eigenvalue weighted by atomic mass is 19.4. The number of nitrogens with zero attached hydrogens (tertiary/aromatic N) is 6. The van der Waals surface area contributed by atoms with E-state index in [2.05, 4.69) is 21.7 Å². The molecule has 5 rings (SSSR count). The molecule has 2 aromatic heterocycles. The zero-order valence-corrected chi connectivity index (χ0v) is 21.0. The number of pyridine rings is 1. The van der Waals surface area contributed by atoms with E-state index >= 15 is 0 Å². The number of piperazine rings is 1. The lowest BCUT2D eigenvalue weighted by atomic mass is 10.0. The third-order valence-electron chi connectivity index (χ3n) is 7.21. The van der Waals surface area contributed by atoms with Crippen LogP contribution in [0.5, 0.6) is 0 Å². The first-order valence-corrected chi connectivity index (χ1v) is 12.6. The Morgan fingerprint density at radius 1 is 0.919 bits per heavy atom. The van der Waals surface area contributed by atoms with Crippen LogP contribution < -0.4 is 14.7 Å². The van der Waals surface area contributed by atoms with Crippen LogP contribution in [0.1, 0.15) is 37.3 Å². The number of aromatic nitrogens is 3. The Morgan fingerprint density at radius 3 is 2.38 bits per heavy atom. The van der Waals surface area contributed by atoms with Gasteiger partial charge in [0.2, 0.25) is 5.95 Å². The summed E-state index contributed by atoms with van der Waals surface area (Å²) in [6, 6.07) is 9.52. The third kappa shape index (κ3) is 5.33. The van der Waals surface area contributed by atoms with Crippen molar-refractivity contribution in [3.8, 4) is 11.3 Å². The van der Waals surface area contributed by atoms with Crippen molar-refractivity contribution in [2.24, 2.45) is 0 Å². The number of benzene rings is 1. The largest absolute Gasteiger partial charge is 0.419 e. The molecule has 2 aliphatic heterocycles. The van der Waals surface area contributed by atoms with Gasteiger partial charge in [0, 0.05) is 56.6 Å². The number of piperidine rings is 1. The van der Waals surface area contributed by atoms with Crippen molar-refractivity contribution in [3.05, 3.63) is 59.5 Å². The van der Waals surface area contributed by atoms with Crippen molar-refractivity contribution < 1.29 is 17.6 Å². The second-order valence-corrected chi connectivity index (χ2v) is 9.76. The van der Waals surface area contributed by atoms with Crippen molar-refractivity contribution in [2.75, 3.05) is 47.4 Å². The van der Waals surface area contributed by atoms with Gasteiger partial charge in [0.25, 0.3) is 0 Å². The fraction of sp³-hybridized carbons (Fsp3) is 0.444. The Balaban J connectivity index is 1.44. The molecule has 0 N–H and O–H groups in total. The molecule has 0 spiro atoms. The second-order valence-electron chi connectivity index (χ2n) is 9.76. The van der Waals surface area contributed by atoms with Crippen LogP contribution in [0.2, 0.25) is 0 Å². The fourth-order valence-electron chi connectivity index (χ4n) is 5.08. The minimum absolute atomic E-state index is 0.0392. The maximum atomic E-state index is 14.0. The second kappa shape index (κ2) is 10.1. The zero-order chi connectivity index (χ0) is 26.2. The van der Waals surface area contributed by atoms with Crippen LogP contribution in [-0.4, -0.2) is 53.7 Å². The predicted octanol–water partition coefficient (Wildman–Crippen LogP) is 5.71. The van der Waals surface area contributed by atoms with E-state index < -0.39 is 11.7 Å². The van der Waals surface area contributed by atoms with Gasteiger partial charge in [0.1, 0.15) is 17.5 Å². The van der Waals surface area contributed by atoms with Crippen molar-refractivity contribution in [2.45, 2.75) is 45.3 Å². The van der Waals surface area contributed by atoms with Crippen molar-refractivity contribution in [1.29, 1.82) is 0 Å². The lowest BCUT2D eigenvalue weighted by Gasteiger charge is -2.38. The summed E-state index contributed by atoms with van der Waals surface area (Å²) in [7, 11) is 0. The molecule has 0 amide bonds.